The summed E-state index contributed by atoms with van der Waals surface area (Å²) in [6.07, 6.45) is 2.76. The number of aromatic nitrogens is 4. The molecule has 0 aliphatic heterocycles. The van der Waals surface area contributed by atoms with Crippen LogP contribution < -0.4 is 0 Å². The molecule has 98 valence electrons. The largest absolute Gasteiger partial charge is 0.236 e. The smallest absolute Gasteiger partial charge is 0.177 e. The number of hydrogen-bond donors (Lipinski definition) is 0. The molecule has 2 heterocycles. The van der Waals surface area contributed by atoms with E-state index in [0.29, 0.717) is 11.3 Å². The molecule has 3 aromatic rings. The molecule has 7 heteroatoms. The Kier molecular flexibility index (Phi) is 2.84. The summed E-state index contributed by atoms with van der Waals surface area (Å²) in [4.78, 5) is 8.09. The van der Waals surface area contributed by atoms with Gasteiger partial charge in [-0.1, -0.05) is 0 Å². The number of nitrogens with zero attached hydrogens (tertiary/aromatic N) is 5. The molecule has 0 N–H and O–H groups in total. The van der Waals surface area contributed by atoms with Gasteiger partial charge in [0.15, 0.2) is 11.3 Å². The number of fused-ring (bicyclic) bond motifs is 1. The van der Waals surface area contributed by atoms with E-state index in [2.05, 4.69) is 15.1 Å². The van der Waals surface area contributed by atoms with Crippen molar-refractivity contribution in [2.45, 2.75) is 6.42 Å². The lowest BCUT2D eigenvalue weighted by Crippen LogP contribution is -2.03. The van der Waals surface area contributed by atoms with Crippen molar-refractivity contribution in [1.82, 2.24) is 19.6 Å². The van der Waals surface area contributed by atoms with Crippen molar-refractivity contribution in [3.63, 3.8) is 0 Å². The third-order valence-corrected chi connectivity index (χ3v) is 2.81. The quantitative estimate of drug-likeness (QED) is 0.713. The van der Waals surface area contributed by atoms with E-state index in [0.717, 1.165) is 18.2 Å². The normalized spacial score (nSPS) is 10.7. The first-order valence-electron chi connectivity index (χ1n) is 5.70. The van der Waals surface area contributed by atoms with Gasteiger partial charge in [-0.3, -0.25) is 0 Å². The second-order valence-corrected chi connectivity index (χ2v) is 4.13. The van der Waals surface area contributed by atoms with Gasteiger partial charge in [-0.05, 0) is 23.8 Å². The molecule has 20 heavy (non-hydrogen) atoms. The number of halogens is 2. The van der Waals surface area contributed by atoms with Crippen molar-refractivity contribution in [2.75, 3.05) is 0 Å². The maximum Gasteiger partial charge on any atom is 0.177 e. The zero-order chi connectivity index (χ0) is 14.1. The van der Waals surface area contributed by atoms with E-state index >= 15 is 0 Å². The van der Waals surface area contributed by atoms with Crippen molar-refractivity contribution >= 4 is 5.65 Å². The number of benzene rings is 1. The van der Waals surface area contributed by atoms with Gasteiger partial charge in [0, 0.05) is 6.42 Å². The van der Waals surface area contributed by atoms with Crippen molar-refractivity contribution < 1.29 is 8.78 Å². The second-order valence-electron chi connectivity index (χ2n) is 4.13. The summed E-state index contributed by atoms with van der Waals surface area (Å²) in [7, 11) is 0. The molecule has 0 spiro atoms. The fourth-order valence-electron chi connectivity index (χ4n) is 1.92. The lowest BCUT2D eigenvalue weighted by Gasteiger charge is -2.05. The summed E-state index contributed by atoms with van der Waals surface area (Å²) in [5, 5.41) is 12.8. The van der Waals surface area contributed by atoms with Gasteiger partial charge in [0.2, 0.25) is 0 Å². The molecule has 0 fully saturated rings. The van der Waals surface area contributed by atoms with Crippen LogP contribution >= 0.6 is 0 Å². The Hall–Kier alpha value is -2.88. The first-order valence-corrected chi connectivity index (χ1v) is 5.70. The molecule has 0 aliphatic carbocycles. The molecule has 2 aromatic heterocycles. The van der Waals surface area contributed by atoms with Gasteiger partial charge in [0.1, 0.15) is 24.0 Å². The minimum Gasteiger partial charge on any atom is -0.236 e. The molecule has 0 aliphatic rings. The van der Waals surface area contributed by atoms with Crippen LogP contribution in [-0.2, 0) is 6.42 Å². The average Bonchev–Trinajstić information content (AvgIpc) is 2.91. The predicted octanol–water partition coefficient (Wildman–Crippen LogP) is 1.86. The highest BCUT2D eigenvalue weighted by Crippen LogP contribution is 2.16. The third kappa shape index (κ3) is 2.07. The molecule has 0 bridgehead atoms. The van der Waals surface area contributed by atoms with E-state index in [9.17, 15) is 8.78 Å². The fraction of sp³-hybridized carbons (Fsp3) is 0.0769. The third-order valence-electron chi connectivity index (χ3n) is 2.81. The standard InChI is InChI=1S/C13H7F2N5/c14-9-1-2-11(15)8(3-9)4-12-13-17-7-18-20(13)6-10(5-16)19-12/h1-3,6-7H,4H2. The highest BCUT2D eigenvalue weighted by atomic mass is 19.1. The summed E-state index contributed by atoms with van der Waals surface area (Å²) in [6.45, 7) is 0. The van der Waals surface area contributed by atoms with Crippen molar-refractivity contribution in [3.8, 4) is 6.07 Å². The van der Waals surface area contributed by atoms with Crippen LogP contribution in [0.5, 0.6) is 0 Å². The van der Waals surface area contributed by atoms with E-state index in [1.807, 2.05) is 6.07 Å². The summed E-state index contributed by atoms with van der Waals surface area (Å²) in [5.41, 5.74) is 1.06. The van der Waals surface area contributed by atoms with E-state index < -0.39 is 11.6 Å². The van der Waals surface area contributed by atoms with Gasteiger partial charge in [-0.15, -0.1) is 0 Å². The van der Waals surface area contributed by atoms with E-state index in [-0.39, 0.29) is 17.7 Å². The molecule has 0 saturated heterocycles. The highest BCUT2D eigenvalue weighted by Gasteiger charge is 2.12. The Morgan fingerprint density at radius 2 is 2.15 bits per heavy atom. The maximum absolute atomic E-state index is 13.7. The Morgan fingerprint density at radius 3 is 2.95 bits per heavy atom. The Morgan fingerprint density at radius 1 is 1.30 bits per heavy atom. The summed E-state index contributed by atoms with van der Waals surface area (Å²) >= 11 is 0. The summed E-state index contributed by atoms with van der Waals surface area (Å²) in [6, 6.07) is 5.10. The van der Waals surface area contributed by atoms with Crippen LogP contribution in [0.1, 0.15) is 17.0 Å². The first-order chi connectivity index (χ1) is 9.67. The first kappa shape index (κ1) is 12.2. The van der Waals surface area contributed by atoms with Crippen LogP contribution in [0.25, 0.3) is 5.65 Å². The van der Waals surface area contributed by atoms with Crippen LogP contribution in [0, 0.1) is 23.0 Å². The summed E-state index contributed by atoms with van der Waals surface area (Å²) in [5.74, 6) is -1.07. The van der Waals surface area contributed by atoms with Crippen molar-refractivity contribution in [3.05, 3.63) is 59.3 Å². The van der Waals surface area contributed by atoms with Gasteiger partial charge in [0.25, 0.3) is 0 Å². The van der Waals surface area contributed by atoms with Crippen LogP contribution in [0.15, 0.2) is 30.7 Å². The van der Waals surface area contributed by atoms with Crippen LogP contribution in [-0.4, -0.2) is 19.6 Å². The Labute approximate surface area is 112 Å². The molecule has 3 rings (SSSR count). The van der Waals surface area contributed by atoms with Crippen LogP contribution in [0.4, 0.5) is 8.78 Å². The molecule has 0 saturated carbocycles. The van der Waals surface area contributed by atoms with Gasteiger partial charge in [0.05, 0.1) is 11.9 Å². The lowest BCUT2D eigenvalue weighted by atomic mass is 10.1. The minimum absolute atomic E-state index is 0.0291. The molecule has 0 amide bonds. The van der Waals surface area contributed by atoms with Gasteiger partial charge >= 0.3 is 0 Å². The topological polar surface area (TPSA) is 66.9 Å². The SMILES string of the molecule is N#Cc1cn2ncnc2c(Cc2cc(F)ccc2F)n1. The van der Waals surface area contributed by atoms with E-state index in [1.165, 1.54) is 17.0 Å². The highest BCUT2D eigenvalue weighted by molar-refractivity contribution is 5.46. The molecule has 0 radical (unpaired) electrons. The zero-order valence-electron chi connectivity index (χ0n) is 10.1. The Balaban J connectivity index is 2.12. The predicted molar refractivity (Wildman–Crippen MR) is 64.7 cm³/mol. The Bertz CT molecular complexity index is 834. The maximum atomic E-state index is 13.7. The molecular weight excluding hydrogens is 264 g/mol. The second kappa shape index (κ2) is 4.66. The molecule has 5 nitrogen and oxygen atoms in total. The summed E-state index contributed by atoms with van der Waals surface area (Å²) < 4.78 is 28.2. The van der Waals surface area contributed by atoms with Crippen molar-refractivity contribution in [2.24, 2.45) is 0 Å². The zero-order valence-corrected chi connectivity index (χ0v) is 10.1. The number of rotatable bonds is 2. The molecule has 1 aromatic carbocycles. The lowest BCUT2D eigenvalue weighted by molar-refractivity contribution is 0.588. The monoisotopic (exact) mass is 271 g/mol. The van der Waals surface area contributed by atoms with Crippen molar-refractivity contribution in [1.29, 1.82) is 5.26 Å². The average molecular weight is 271 g/mol. The number of nitriles is 1. The van der Waals surface area contributed by atoms with Gasteiger partial charge < -0.3 is 0 Å². The van der Waals surface area contributed by atoms with Gasteiger partial charge in [-0.25, -0.2) is 23.3 Å². The van der Waals surface area contributed by atoms with Crippen LogP contribution in [0.2, 0.25) is 0 Å². The van der Waals surface area contributed by atoms with E-state index in [1.54, 1.807) is 0 Å². The minimum atomic E-state index is -0.534. The molecule has 0 atom stereocenters. The number of hydrogen-bond acceptors (Lipinski definition) is 4. The van der Waals surface area contributed by atoms with Crippen LogP contribution in [0.3, 0.4) is 0 Å². The fourth-order valence-corrected chi connectivity index (χ4v) is 1.92. The molecule has 0 unspecified atom stereocenters. The van der Waals surface area contributed by atoms with Gasteiger partial charge in [-0.2, -0.15) is 10.4 Å². The van der Waals surface area contributed by atoms with E-state index in [4.69, 9.17) is 5.26 Å². The molecular formula is C13H7F2N5.